The molecule has 5 rings (SSSR count). The summed E-state index contributed by atoms with van der Waals surface area (Å²) in [4.78, 5) is 16.0. The topological polar surface area (TPSA) is 65.4 Å². The molecule has 6 heteroatoms. The number of ether oxygens (including phenoxy) is 2. The number of hydrogen-bond acceptors (Lipinski definition) is 5. The SMILES string of the molecule is CC(=O)O[C@@H]1COc2cc(NCc3cccc(-n4c(C)nc5ccccc54)c3C)ccc21. The van der Waals surface area contributed by atoms with Crippen molar-refractivity contribution in [3.8, 4) is 11.4 Å². The van der Waals surface area contributed by atoms with Crippen LogP contribution < -0.4 is 10.1 Å². The molecule has 3 aromatic carbocycles. The number of hydrogen-bond donors (Lipinski definition) is 1. The van der Waals surface area contributed by atoms with E-state index in [0.717, 1.165) is 39.5 Å². The average molecular weight is 428 g/mol. The molecular weight excluding hydrogens is 402 g/mol. The van der Waals surface area contributed by atoms with Crippen LogP contribution in [0.15, 0.2) is 60.7 Å². The zero-order chi connectivity index (χ0) is 22.2. The third-order valence-electron chi connectivity index (χ3n) is 5.93. The minimum atomic E-state index is -0.330. The number of aromatic nitrogens is 2. The van der Waals surface area contributed by atoms with Crippen LogP contribution in [0.1, 0.15) is 35.5 Å². The number of fused-ring (bicyclic) bond motifs is 2. The van der Waals surface area contributed by atoms with Gasteiger partial charge in [0.1, 0.15) is 18.2 Å². The van der Waals surface area contributed by atoms with Crippen LogP contribution in [0.25, 0.3) is 16.7 Å². The second-order valence-corrected chi connectivity index (χ2v) is 8.06. The molecule has 32 heavy (non-hydrogen) atoms. The Bertz CT molecular complexity index is 1330. The standard InChI is InChI=1S/C26H25N3O3/c1-16-19(7-6-10-23(16)29-17(2)28-22-8-4-5-9-24(22)29)14-27-20-11-12-21-25(13-20)31-15-26(21)32-18(3)30/h4-13,26-27H,14-15H2,1-3H3/t26-/m1/s1. The normalized spacial score (nSPS) is 14.8. The third-order valence-corrected chi connectivity index (χ3v) is 5.93. The number of nitrogens with zero attached hydrogens (tertiary/aromatic N) is 2. The molecule has 0 bridgehead atoms. The van der Waals surface area contributed by atoms with Crippen molar-refractivity contribution in [2.24, 2.45) is 0 Å². The maximum atomic E-state index is 11.3. The minimum absolute atomic E-state index is 0.301. The number of nitrogens with one attached hydrogen (secondary N) is 1. The fourth-order valence-electron chi connectivity index (χ4n) is 4.34. The van der Waals surface area contributed by atoms with E-state index in [-0.39, 0.29) is 12.1 Å². The second-order valence-electron chi connectivity index (χ2n) is 8.06. The molecule has 0 aliphatic carbocycles. The molecule has 1 aliphatic heterocycles. The molecule has 6 nitrogen and oxygen atoms in total. The van der Waals surface area contributed by atoms with E-state index in [1.54, 1.807) is 0 Å². The van der Waals surface area contributed by atoms with Crippen molar-refractivity contribution >= 4 is 22.7 Å². The van der Waals surface area contributed by atoms with Gasteiger partial charge in [-0.2, -0.15) is 0 Å². The number of rotatable bonds is 5. The summed E-state index contributed by atoms with van der Waals surface area (Å²) in [6.45, 7) is 6.64. The zero-order valence-electron chi connectivity index (χ0n) is 18.4. The first-order valence-electron chi connectivity index (χ1n) is 10.7. The predicted octanol–water partition coefficient (Wildman–Crippen LogP) is 5.25. The Hall–Kier alpha value is -3.80. The smallest absolute Gasteiger partial charge is 0.303 e. The average Bonchev–Trinajstić information content (AvgIpc) is 3.32. The van der Waals surface area contributed by atoms with Gasteiger partial charge in [-0.25, -0.2) is 4.98 Å². The van der Waals surface area contributed by atoms with E-state index in [4.69, 9.17) is 14.5 Å². The van der Waals surface area contributed by atoms with E-state index in [1.807, 2.05) is 43.3 Å². The number of esters is 1. The monoisotopic (exact) mass is 427 g/mol. The van der Waals surface area contributed by atoms with Crippen molar-refractivity contribution in [2.45, 2.75) is 33.4 Å². The van der Waals surface area contributed by atoms with Gasteiger partial charge in [-0.1, -0.05) is 24.3 Å². The van der Waals surface area contributed by atoms with Crippen molar-refractivity contribution in [1.29, 1.82) is 0 Å². The Morgan fingerprint density at radius 1 is 1.16 bits per heavy atom. The first kappa shape index (κ1) is 20.1. The number of carbonyl (C=O) groups excluding carboxylic acids is 1. The van der Waals surface area contributed by atoms with Gasteiger partial charge in [0.2, 0.25) is 0 Å². The minimum Gasteiger partial charge on any atom is -0.489 e. The van der Waals surface area contributed by atoms with Gasteiger partial charge in [0.15, 0.2) is 6.10 Å². The van der Waals surface area contributed by atoms with Gasteiger partial charge >= 0.3 is 5.97 Å². The van der Waals surface area contributed by atoms with Crippen LogP contribution in [0.4, 0.5) is 5.69 Å². The number of imidazole rings is 1. The lowest BCUT2D eigenvalue weighted by Gasteiger charge is -2.16. The fourth-order valence-corrected chi connectivity index (χ4v) is 4.34. The molecule has 162 valence electrons. The second kappa shape index (κ2) is 8.04. The Balaban J connectivity index is 1.39. The Labute approximate surface area is 186 Å². The van der Waals surface area contributed by atoms with E-state index in [1.165, 1.54) is 18.1 Å². The summed E-state index contributed by atoms with van der Waals surface area (Å²) in [5.41, 5.74) is 7.52. The number of aryl methyl sites for hydroxylation is 1. The summed E-state index contributed by atoms with van der Waals surface area (Å²) in [5, 5.41) is 3.50. The Morgan fingerprint density at radius 3 is 2.84 bits per heavy atom. The highest BCUT2D eigenvalue weighted by atomic mass is 16.6. The summed E-state index contributed by atoms with van der Waals surface area (Å²) in [5.74, 6) is 1.43. The molecule has 1 N–H and O–H groups in total. The van der Waals surface area contributed by atoms with E-state index in [9.17, 15) is 4.79 Å². The van der Waals surface area contributed by atoms with Gasteiger partial charge in [-0.05, 0) is 55.3 Å². The molecule has 0 amide bonds. The van der Waals surface area contributed by atoms with Gasteiger partial charge in [0.25, 0.3) is 0 Å². The number of para-hydroxylation sites is 2. The number of carbonyl (C=O) groups is 1. The first-order valence-corrected chi connectivity index (χ1v) is 10.7. The Kier molecular flexibility index (Phi) is 5.05. The highest BCUT2D eigenvalue weighted by Crippen LogP contribution is 2.37. The lowest BCUT2D eigenvalue weighted by atomic mass is 10.1. The molecule has 1 aliphatic rings. The summed E-state index contributed by atoms with van der Waals surface area (Å²) >= 11 is 0. The van der Waals surface area contributed by atoms with Gasteiger partial charge in [0, 0.05) is 30.8 Å². The van der Waals surface area contributed by atoms with Crippen LogP contribution >= 0.6 is 0 Å². The lowest BCUT2D eigenvalue weighted by molar-refractivity contribution is -0.147. The van der Waals surface area contributed by atoms with E-state index < -0.39 is 0 Å². The maximum Gasteiger partial charge on any atom is 0.303 e. The van der Waals surface area contributed by atoms with Crippen LogP contribution in [0.2, 0.25) is 0 Å². The van der Waals surface area contributed by atoms with Crippen molar-refractivity contribution in [2.75, 3.05) is 11.9 Å². The fraction of sp³-hybridized carbons (Fsp3) is 0.231. The molecule has 0 saturated heterocycles. The molecule has 1 aromatic heterocycles. The number of anilines is 1. The zero-order valence-corrected chi connectivity index (χ0v) is 18.4. The van der Waals surface area contributed by atoms with Gasteiger partial charge < -0.3 is 14.8 Å². The molecule has 0 fully saturated rings. The molecule has 0 spiro atoms. The maximum absolute atomic E-state index is 11.3. The molecule has 4 aromatic rings. The molecule has 2 heterocycles. The highest BCUT2D eigenvalue weighted by molar-refractivity contribution is 5.78. The first-order chi connectivity index (χ1) is 15.5. The molecular formula is C26H25N3O3. The van der Waals surface area contributed by atoms with Crippen LogP contribution in [0.5, 0.6) is 5.75 Å². The molecule has 1 atom stereocenters. The Morgan fingerprint density at radius 2 is 2.00 bits per heavy atom. The predicted molar refractivity (Wildman–Crippen MR) is 124 cm³/mol. The van der Waals surface area contributed by atoms with Crippen molar-refractivity contribution in [3.05, 3.63) is 83.2 Å². The van der Waals surface area contributed by atoms with Crippen LogP contribution in [0.3, 0.4) is 0 Å². The molecule has 0 saturated carbocycles. The highest BCUT2D eigenvalue weighted by Gasteiger charge is 2.26. The van der Waals surface area contributed by atoms with Crippen molar-refractivity contribution in [3.63, 3.8) is 0 Å². The summed E-state index contributed by atoms with van der Waals surface area (Å²) in [6.07, 6.45) is -0.330. The van der Waals surface area contributed by atoms with E-state index in [0.29, 0.717) is 13.2 Å². The van der Waals surface area contributed by atoms with Crippen LogP contribution in [0, 0.1) is 13.8 Å². The van der Waals surface area contributed by atoms with Gasteiger partial charge in [-0.15, -0.1) is 0 Å². The van der Waals surface area contributed by atoms with Gasteiger partial charge in [0.05, 0.1) is 16.7 Å². The van der Waals surface area contributed by atoms with E-state index >= 15 is 0 Å². The lowest BCUT2D eigenvalue weighted by Crippen LogP contribution is -2.09. The number of benzene rings is 3. The van der Waals surface area contributed by atoms with Crippen molar-refractivity contribution < 1.29 is 14.3 Å². The van der Waals surface area contributed by atoms with Crippen LogP contribution in [-0.2, 0) is 16.1 Å². The molecule has 0 unspecified atom stereocenters. The summed E-state index contributed by atoms with van der Waals surface area (Å²) in [6, 6.07) is 20.5. The summed E-state index contributed by atoms with van der Waals surface area (Å²) < 4.78 is 13.3. The van der Waals surface area contributed by atoms with Crippen molar-refractivity contribution in [1.82, 2.24) is 9.55 Å². The van der Waals surface area contributed by atoms with Gasteiger partial charge in [-0.3, -0.25) is 9.36 Å². The molecule has 0 radical (unpaired) electrons. The van der Waals surface area contributed by atoms with E-state index in [2.05, 4.69) is 41.1 Å². The largest absolute Gasteiger partial charge is 0.489 e. The third kappa shape index (κ3) is 3.58. The quantitative estimate of drug-likeness (QED) is 0.441. The summed E-state index contributed by atoms with van der Waals surface area (Å²) in [7, 11) is 0. The van der Waals surface area contributed by atoms with Crippen LogP contribution in [-0.4, -0.2) is 22.1 Å².